The van der Waals surface area contributed by atoms with E-state index in [1.54, 1.807) is 0 Å². The van der Waals surface area contributed by atoms with Crippen LogP contribution in [0.3, 0.4) is 0 Å². The molecule has 0 fully saturated rings. The van der Waals surface area contributed by atoms with Gasteiger partial charge >= 0.3 is 0 Å². The van der Waals surface area contributed by atoms with Crippen LogP contribution in [0.4, 0.5) is 0 Å². The van der Waals surface area contributed by atoms with Crippen molar-refractivity contribution in [1.82, 2.24) is 10.3 Å². The predicted molar refractivity (Wildman–Crippen MR) is 87.6 cm³/mol. The Morgan fingerprint density at radius 3 is 3.00 bits per heavy atom. The summed E-state index contributed by atoms with van der Waals surface area (Å²) in [6.07, 6.45) is 6.69. The van der Waals surface area contributed by atoms with Gasteiger partial charge in [-0.1, -0.05) is 37.3 Å². The number of benzene rings is 1. The van der Waals surface area contributed by atoms with Crippen molar-refractivity contribution >= 4 is 0 Å². The zero-order chi connectivity index (χ0) is 14.7. The van der Waals surface area contributed by atoms with Crippen LogP contribution in [0.2, 0.25) is 0 Å². The van der Waals surface area contributed by atoms with E-state index in [-0.39, 0.29) is 0 Å². The number of rotatable bonds is 4. The molecule has 2 heteroatoms. The van der Waals surface area contributed by atoms with Crippen molar-refractivity contribution in [2.24, 2.45) is 0 Å². The lowest BCUT2D eigenvalue weighted by atomic mass is 9.81. The van der Waals surface area contributed by atoms with Gasteiger partial charge in [-0.05, 0) is 55.5 Å². The minimum atomic E-state index is 0.441. The smallest absolute Gasteiger partial charge is 0.0510 e. The van der Waals surface area contributed by atoms with Crippen molar-refractivity contribution in [2.75, 3.05) is 7.05 Å². The summed E-state index contributed by atoms with van der Waals surface area (Å²) in [6, 6.07) is 13.8. The molecule has 1 aromatic heterocycles. The van der Waals surface area contributed by atoms with Gasteiger partial charge in [0.05, 0.1) is 5.69 Å². The fourth-order valence-electron chi connectivity index (χ4n) is 3.53. The average molecular weight is 280 g/mol. The maximum absolute atomic E-state index is 4.68. The fourth-order valence-corrected chi connectivity index (χ4v) is 3.53. The van der Waals surface area contributed by atoms with Crippen molar-refractivity contribution in [3.05, 3.63) is 65.0 Å². The first-order valence-electron chi connectivity index (χ1n) is 8.04. The molecule has 0 saturated heterocycles. The molecule has 0 aliphatic heterocycles. The summed E-state index contributed by atoms with van der Waals surface area (Å²) in [5.41, 5.74) is 5.53. The maximum Gasteiger partial charge on any atom is 0.0510 e. The number of fused-ring (bicyclic) bond motifs is 1. The van der Waals surface area contributed by atoms with E-state index in [1.807, 2.05) is 13.2 Å². The van der Waals surface area contributed by atoms with Gasteiger partial charge in [-0.2, -0.15) is 0 Å². The summed E-state index contributed by atoms with van der Waals surface area (Å²) in [5, 5.41) is 3.40. The van der Waals surface area contributed by atoms with Crippen LogP contribution < -0.4 is 5.32 Å². The summed E-state index contributed by atoms with van der Waals surface area (Å²) in [4.78, 5) is 4.68. The Morgan fingerprint density at radius 1 is 1.29 bits per heavy atom. The lowest BCUT2D eigenvalue weighted by Crippen LogP contribution is -2.17. The van der Waals surface area contributed by atoms with Crippen LogP contribution in [0.15, 0.2) is 42.6 Å². The molecule has 2 aromatic rings. The molecule has 2 nitrogen and oxygen atoms in total. The third kappa shape index (κ3) is 2.86. The van der Waals surface area contributed by atoms with Crippen molar-refractivity contribution in [3.8, 4) is 0 Å². The number of aromatic nitrogens is 1. The van der Waals surface area contributed by atoms with E-state index in [4.69, 9.17) is 0 Å². The zero-order valence-corrected chi connectivity index (χ0v) is 13.0. The highest BCUT2D eigenvalue weighted by atomic mass is 14.9. The highest BCUT2D eigenvalue weighted by molar-refractivity contribution is 5.38. The monoisotopic (exact) mass is 280 g/mol. The van der Waals surface area contributed by atoms with Gasteiger partial charge in [-0.25, -0.2) is 0 Å². The zero-order valence-electron chi connectivity index (χ0n) is 13.0. The molecule has 1 aromatic carbocycles. The van der Waals surface area contributed by atoms with Crippen LogP contribution in [0, 0.1) is 0 Å². The van der Waals surface area contributed by atoms with Gasteiger partial charge in [0, 0.05) is 18.2 Å². The fraction of sp³-hybridized carbons (Fsp3) is 0.421. The summed E-state index contributed by atoms with van der Waals surface area (Å²) >= 11 is 0. The third-order valence-electron chi connectivity index (χ3n) is 4.67. The number of hydrogen-bond acceptors (Lipinski definition) is 2. The standard InChI is InChI=1S/C19H24N2/c1-3-18(20-2)16-9-4-8-15(13-16)17-11-5-7-14-10-6-12-21-19(14)17/h4,6,8-10,12-13,17-18,20H,3,5,7,11H2,1-2H3. The molecule has 0 amide bonds. The molecular weight excluding hydrogens is 256 g/mol. The van der Waals surface area contributed by atoms with Crippen molar-refractivity contribution in [3.63, 3.8) is 0 Å². The summed E-state index contributed by atoms with van der Waals surface area (Å²) in [6.45, 7) is 2.23. The van der Waals surface area contributed by atoms with Crippen LogP contribution >= 0.6 is 0 Å². The molecule has 1 heterocycles. The Kier molecular flexibility index (Phi) is 4.35. The number of nitrogens with zero attached hydrogens (tertiary/aromatic N) is 1. The molecule has 1 aliphatic carbocycles. The second-order valence-electron chi connectivity index (χ2n) is 5.91. The van der Waals surface area contributed by atoms with E-state index in [9.17, 15) is 0 Å². The van der Waals surface area contributed by atoms with Gasteiger partial charge in [0.25, 0.3) is 0 Å². The molecule has 0 spiro atoms. The summed E-state index contributed by atoms with van der Waals surface area (Å²) < 4.78 is 0. The minimum absolute atomic E-state index is 0.441. The Morgan fingerprint density at radius 2 is 2.19 bits per heavy atom. The molecule has 0 saturated carbocycles. The van der Waals surface area contributed by atoms with Gasteiger partial charge in [-0.15, -0.1) is 0 Å². The average Bonchev–Trinajstić information content (AvgIpc) is 2.56. The van der Waals surface area contributed by atoms with Crippen LogP contribution in [-0.4, -0.2) is 12.0 Å². The second-order valence-corrected chi connectivity index (χ2v) is 5.91. The molecule has 110 valence electrons. The summed E-state index contributed by atoms with van der Waals surface area (Å²) in [5.74, 6) is 0.462. The topological polar surface area (TPSA) is 24.9 Å². The minimum Gasteiger partial charge on any atom is -0.313 e. The number of pyridine rings is 1. The first kappa shape index (κ1) is 14.3. The van der Waals surface area contributed by atoms with Crippen molar-refractivity contribution < 1.29 is 0 Å². The first-order valence-corrected chi connectivity index (χ1v) is 8.04. The van der Waals surface area contributed by atoms with E-state index < -0.39 is 0 Å². The SMILES string of the molecule is CCC(NC)c1cccc(C2CCCc3cccnc32)c1. The van der Waals surface area contributed by atoms with E-state index in [0.29, 0.717) is 12.0 Å². The molecule has 1 aliphatic rings. The molecule has 0 bridgehead atoms. The van der Waals surface area contributed by atoms with Crippen LogP contribution in [-0.2, 0) is 6.42 Å². The molecule has 0 radical (unpaired) electrons. The first-order chi connectivity index (χ1) is 10.3. The van der Waals surface area contributed by atoms with Crippen molar-refractivity contribution in [2.45, 2.75) is 44.6 Å². The third-order valence-corrected chi connectivity index (χ3v) is 4.67. The quantitative estimate of drug-likeness (QED) is 0.907. The lowest BCUT2D eigenvalue weighted by molar-refractivity contribution is 0.570. The van der Waals surface area contributed by atoms with Crippen LogP contribution in [0.5, 0.6) is 0 Å². The Bertz CT molecular complexity index is 602. The molecule has 3 rings (SSSR count). The van der Waals surface area contributed by atoms with E-state index in [1.165, 1.54) is 41.6 Å². The lowest BCUT2D eigenvalue weighted by Gasteiger charge is -2.25. The normalized spacial score (nSPS) is 19.0. The Hall–Kier alpha value is -1.67. The van der Waals surface area contributed by atoms with Gasteiger partial charge < -0.3 is 5.32 Å². The van der Waals surface area contributed by atoms with E-state index in [0.717, 1.165) is 6.42 Å². The van der Waals surface area contributed by atoms with Crippen LogP contribution in [0.1, 0.15) is 60.5 Å². The maximum atomic E-state index is 4.68. The Balaban J connectivity index is 1.96. The predicted octanol–water partition coefficient (Wildman–Crippen LogP) is 4.22. The molecule has 21 heavy (non-hydrogen) atoms. The van der Waals surface area contributed by atoms with E-state index >= 15 is 0 Å². The van der Waals surface area contributed by atoms with Gasteiger partial charge in [-0.3, -0.25) is 4.98 Å². The molecule has 2 unspecified atom stereocenters. The molecule has 2 atom stereocenters. The van der Waals surface area contributed by atoms with Gasteiger partial charge in [0.2, 0.25) is 0 Å². The van der Waals surface area contributed by atoms with Gasteiger partial charge in [0.15, 0.2) is 0 Å². The molecule has 1 N–H and O–H groups in total. The summed E-state index contributed by atoms with van der Waals surface area (Å²) in [7, 11) is 2.04. The van der Waals surface area contributed by atoms with Gasteiger partial charge in [0.1, 0.15) is 0 Å². The van der Waals surface area contributed by atoms with E-state index in [2.05, 4.69) is 53.6 Å². The number of aryl methyl sites for hydroxylation is 1. The molecular formula is C19H24N2. The Labute approximate surface area is 127 Å². The second kappa shape index (κ2) is 6.40. The highest BCUT2D eigenvalue weighted by Crippen LogP contribution is 2.36. The highest BCUT2D eigenvalue weighted by Gasteiger charge is 2.23. The largest absolute Gasteiger partial charge is 0.313 e. The van der Waals surface area contributed by atoms with Crippen LogP contribution in [0.25, 0.3) is 0 Å². The number of hydrogen-bond donors (Lipinski definition) is 1. The number of nitrogens with one attached hydrogen (secondary N) is 1. The van der Waals surface area contributed by atoms with Crippen molar-refractivity contribution in [1.29, 1.82) is 0 Å².